The molecule has 0 amide bonds. The second kappa shape index (κ2) is 19.5. The van der Waals surface area contributed by atoms with Gasteiger partial charge in [-0.2, -0.15) is 0 Å². The van der Waals surface area contributed by atoms with E-state index in [0.29, 0.717) is 17.2 Å². The van der Waals surface area contributed by atoms with Crippen LogP contribution in [0.4, 0.5) is 0 Å². The maximum Gasteiger partial charge on any atom is 0.336 e. The van der Waals surface area contributed by atoms with Gasteiger partial charge in [-0.05, 0) is 54.6 Å². The lowest BCUT2D eigenvalue weighted by molar-refractivity contribution is 0.0651. The van der Waals surface area contributed by atoms with Crippen molar-refractivity contribution in [3.05, 3.63) is 124 Å². The van der Waals surface area contributed by atoms with Crippen LogP contribution in [0, 0.1) is 0 Å². The molecule has 48 heavy (non-hydrogen) atoms. The van der Waals surface area contributed by atoms with Gasteiger partial charge in [0.1, 0.15) is 17.2 Å². The van der Waals surface area contributed by atoms with Gasteiger partial charge in [-0.1, -0.05) is 36.4 Å². The van der Waals surface area contributed by atoms with Crippen LogP contribution in [0.5, 0.6) is 17.2 Å². The third-order valence-electron chi connectivity index (χ3n) is 5.73. The molecule has 0 fully saturated rings. The smallest absolute Gasteiger partial charge is 0.336 e. The first kappa shape index (κ1) is 39.1. The quantitative estimate of drug-likeness (QED) is 0.138. The zero-order valence-electron chi connectivity index (χ0n) is 25.5. The summed E-state index contributed by atoms with van der Waals surface area (Å²) in [6.07, 6.45) is 0. The van der Waals surface area contributed by atoms with Crippen LogP contribution in [-0.4, -0.2) is 87.8 Å². The molecule has 0 atom stereocenters. The molecule has 0 bridgehead atoms. The fourth-order valence-corrected chi connectivity index (χ4v) is 3.43. The lowest BCUT2D eigenvalue weighted by Gasteiger charge is -2.04. The van der Waals surface area contributed by atoms with Gasteiger partial charge in [-0.3, -0.25) is 0 Å². The summed E-state index contributed by atoms with van der Waals surface area (Å²) in [5.74, 6) is -6.75. The van der Waals surface area contributed by atoms with E-state index in [-0.39, 0.29) is 33.4 Å². The Morgan fingerprint density at radius 2 is 0.542 bits per heavy atom. The Hall–Kier alpha value is -6.90. The Labute approximate surface area is 272 Å². The van der Waals surface area contributed by atoms with E-state index in [0.717, 1.165) is 0 Å². The van der Waals surface area contributed by atoms with Gasteiger partial charge in [0.05, 0.1) is 54.7 Å². The van der Waals surface area contributed by atoms with Crippen LogP contribution in [0.15, 0.2) is 91.0 Å². The first-order valence-electron chi connectivity index (χ1n) is 13.1. The van der Waals surface area contributed by atoms with Crippen LogP contribution in [-0.2, 0) is 0 Å². The van der Waals surface area contributed by atoms with E-state index in [1.165, 1.54) is 75.9 Å². The number of methoxy groups -OCH3 is 3. The first-order valence-corrected chi connectivity index (χ1v) is 13.1. The van der Waals surface area contributed by atoms with Gasteiger partial charge in [0, 0.05) is 0 Å². The Morgan fingerprint density at radius 3 is 0.688 bits per heavy atom. The summed E-state index contributed by atoms with van der Waals surface area (Å²) in [4.78, 5) is 63.9. The molecule has 0 aliphatic rings. The molecule has 252 valence electrons. The number of carbonyl (C=O) groups is 6. The normalized spacial score (nSPS) is 9.31. The number of carboxylic acids is 6. The molecule has 0 unspecified atom stereocenters. The highest BCUT2D eigenvalue weighted by molar-refractivity contribution is 6.03. The molecule has 0 aromatic heterocycles. The molecule has 0 heterocycles. The van der Waals surface area contributed by atoms with Crippen molar-refractivity contribution < 1.29 is 73.6 Å². The molecule has 0 aliphatic carbocycles. The van der Waals surface area contributed by atoms with Crippen LogP contribution in [0.25, 0.3) is 0 Å². The number of carboxylic acid groups (broad SMARTS) is 6. The van der Waals surface area contributed by atoms with Gasteiger partial charge in [0.15, 0.2) is 0 Å². The molecule has 15 heteroatoms. The Morgan fingerprint density at radius 1 is 0.354 bits per heavy atom. The molecule has 0 radical (unpaired) electrons. The third-order valence-corrected chi connectivity index (χ3v) is 5.73. The predicted molar refractivity (Wildman–Crippen MR) is 167 cm³/mol. The SMILES string of the molecule is COc1ccc(C(=O)O)c(C(=O)O)c1.COc1ccc(C(=O)O)c(C(=O)O)c1.COc1ccc(C(=O)O)c(C(=O)O)c1.c1ccccc1. The third kappa shape index (κ3) is 12.2. The Kier molecular flexibility index (Phi) is 15.9. The van der Waals surface area contributed by atoms with E-state index >= 15 is 0 Å². The highest BCUT2D eigenvalue weighted by Gasteiger charge is 2.18. The molecular weight excluding hydrogens is 636 g/mol. The molecule has 0 saturated heterocycles. The number of benzene rings is 4. The van der Waals surface area contributed by atoms with Crippen molar-refractivity contribution in [3.8, 4) is 17.2 Å². The van der Waals surface area contributed by atoms with Crippen LogP contribution in [0.1, 0.15) is 62.1 Å². The van der Waals surface area contributed by atoms with E-state index < -0.39 is 35.8 Å². The minimum atomic E-state index is -1.29. The fraction of sp³-hybridized carbons (Fsp3) is 0.0909. The topological polar surface area (TPSA) is 251 Å². The zero-order valence-corrected chi connectivity index (χ0v) is 25.5. The zero-order chi connectivity index (χ0) is 36.4. The number of ether oxygens (including phenoxy) is 3. The molecule has 6 N–H and O–H groups in total. The van der Waals surface area contributed by atoms with Crippen LogP contribution in [0.3, 0.4) is 0 Å². The van der Waals surface area contributed by atoms with Crippen molar-refractivity contribution in [3.63, 3.8) is 0 Å². The monoisotopic (exact) mass is 666 g/mol. The highest BCUT2D eigenvalue weighted by Crippen LogP contribution is 2.19. The minimum absolute atomic E-state index is 0.252. The average molecular weight is 667 g/mol. The largest absolute Gasteiger partial charge is 0.497 e. The molecule has 4 aromatic carbocycles. The number of rotatable bonds is 9. The first-order chi connectivity index (χ1) is 22.7. The van der Waals surface area contributed by atoms with Gasteiger partial charge >= 0.3 is 35.8 Å². The Balaban J connectivity index is 0.000000331. The summed E-state index contributed by atoms with van der Waals surface area (Å²) in [5, 5.41) is 52.2. The van der Waals surface area contributed by atoms with Crippen molar-refractivity contribution >= 4 is 35.8 Å². The van der Waals surface area contributed by atoms with Gasteiger partial charge in [0.25, 0.3) is 0 Å². The van der Waals surface area contributed by atoms with Crippen LogP contribution >= 0.6 is 0 Å². The predicted octanol–water partition coefficient (Wildman–Crippen LogP) is 4.96. The summed E-state index contributed by atoms with van der Waals surface area (Å²) in [7, 11) is 4.13. The van der Waals surface area contributed by atoms with Gasteiger partial charge < -0.3 is 44.8 Å². The second-order valence-corrected chi connectivity index (χ2v) is 8.72. The van der Waals surface area contributed by atoms with Gasteiger partial charge in [-0.25, -0.2) is 28.8 Å². The molecule has 15 nitrogen and oxygen atoms in total. The van der Waals surface area contributed by atoms with Crippen LogP contribution < -0.4 is 14.2 Å². The summed E-state index contributed by atoms with van der Waals surface area (Å²) < 4.78 is 14.4. The lowest BCUT2D eigenvalue weighted by Crippen LogP contribution is -2.07. The molecule has 0 saturated carbocycles. The standard InChI is InChI=1S/3C9H8O5.C6H6/c3*1-14-5-2-3-6(8(10)11)7(4-5)9(12)13;1-2-4-6-5-3-1/h3*2-4H,1H3,(H,10,11)(H,12,13);1-6H. The van der Waals surface area contributed by atoms with Crippen molar-refractivity contribution in [2.24, 2.45) is 0 Å². The maximum absolute atomic E-state index is 10.7. The van der Waals surface area contributed by atoms with E-state index in [4.69, 9.17) is 44.8 Å². The fourth-order valence-electron chi connectivity index (χ4n) is 3.43. The average Bonchev–Trinajstić information content (AvgIpc) is 3.08. The van der Waals surface area contributed by atoms with Gasteiger partial charge in [0.2, 0.25) is 0 Å². The van der Waals surface area contributed by atoms with E-state index in [1.54, 1.807) is 0 Å². The number of hydrogen-bond acceptors (Lipinski definition) is 9. The van der Waals surface area contributed by atoms with Gasteiger partial charge in [-0.15, -0.1) is 0 Å². The summed E-state index contributed by atoms with van der Waals surface area (Å²) in [6, 6.07) is 23.3. The molecule has 4 aromatic rings. The van der Waals surface area contributed by atoms with E-state index in [2.05, 4.69) is 0 Å². The molecular formula is C33H30O15. The van der Waals surface area contributed by atoms with Crippen molar-refractivity contribution in [1.82, 2.24) is 0 Å². The lowest BCUT2D eigenvalue weighted by atomic mass is 10.1. The van der Waals surface area contributed by atoms with Crippen LogP contribution in [0.2, 0.25) is 0 Å². The van der Waals surface area contributed by atoms with Crippen molar-refractivity contribution in [1.29, 1.82) is 0 Å². The van der Waals surface area contributed by atoms with Crippen molar-refractivity contribution in [2.75, 3.05) is 21.3 Å². The summed E-state index contributed by atoms with van der Waals surface area (Å²) >= 11 is 0. The molecule has 4 rings (SSSR count). The van der Waals surface area contributed by atoms with E-state index in [1.807, 2.05) is 36.4 Å². The Bertz CT molecular complexity index is 1540. The number of aromatic carboxylic acids is 6. The maximum atomic E-state index is 10.7. The minimum Gasteiger partial charge on any atom is -0.497 e. The molecule has 0 spiro atoms. The second-order valence-electron chi connectivity index (χ2n) is 8.72. The summed E-state index contributed by atoms with van der Waals surface area (Å²) in [6.45, 7) is 0. The summed E-state index contributed by atoms with van der Waals surface area (Å²) in [5.41, 5.74) is -1.60. The highest BCUT2D eigenvalue weighted by atomic mass is 16.5. The molecule has 0 aliphatic heterocycles. The van der Waals surface area contributed by atoms with E-state index in [9.17, 15) is 28.8 Å². The van der Waals surface area contributed by atoms with Crippen molar-refractivity contribution in [2.45, 2.75) is 0 Å². The number of hydrogen-bond donors (Lipinski definition) is 6.